The van der Waals surface area contributed by atoms with E-state index in [1.807, 2.05) is 48.5 Å². The van der Waals surface area contributed by atoms with E-state index in [2.05, 4.69) is 24.0 Å². The topological polar surface area (TPSA) is 49.8 Å². The maximum atomic E-state index is 13.2. The first-order valence-corrected chi connectivity index (χ1v) is 10.6. The van der Waals surface area contributed by atoms with Gasteiger partial charge in [0.05, 0.1) is 23.9 Å². The number of fused-ring (bicyclic) bond motifs is 1. The molecule has 1 N–H and O–H groups in total. The van der Waals surface area contributed by atoms with Gasteiger partial charge in [0.1, 0.15) is 6.10 Å². The van der Waals surface area contributed by atoms with E-state index in [-0.39, 0.29) is 23.7 Å². The molecule has 1 aliphatic heterocycles. The van der Waals surface area contributed by atoms with Crippen LogP contribution in [0.5, 0.6) is 0 Å². The molecular formula is C25H29NO3. The fourth-order valence-electron chi connectivity index (χ4n) is 4.63. The Balaban J connectivity index is 1.52. The molecule has 1 saturated carbocycles. The Morgan fingerprint density at radius 3 is 2.41 bits per heavy atom. The van der Waals surface area contributed by atoms with Crippen LogP contribution in [-0.2, 0) is 16.1 Å². The second-order valence-corrected chi connectivity index (χ2v) is 8.09. The van der Waals surface area contributed by atoms with E-state index in [1.165, 1.54) is 5.56 Å². The Morgan fingerprint density at radius 2 is 1.72 bits per heavy atom. The molecule has 4 rings (SSSR count). The van der Waals surface area contributed by atoms with E-state index in [1.54, 1.807) is 6.26 Å². The van der Waals surface area contributed by atoms with Gasteiger partial charge in [-0.2, -0.15) is 0 Å². The Hall–Kier alpha value is -2.43. The summed E-state index contributed by atoms with van der Waals surface area (Å²) in [5.41, 5.74) is 2.81. The van der Waals surface area contributed by atoms with Crippen LogP contribution < -0.4 is 0 Å². The smallest absolute Gasteiger partial charge is 0.173 e. The third-order valence-corrected chi connectivity index (χ3v) is 6.28. The molecular weight excluding hydrogens is 362 g/mol. The van der Waals surface area contributed by atoms with Crippen molar-refractivity contribution in [2.45, 2.75) is 38.5 Å². The van der Waals surface area contributed by atoms with Gasteiger partial charge >= 0.3 is 0 Å². The van der Waals surface area contributed by atoms with Crippen LogP contribution in [0.25, 0.3) is 5.57 Å². The number of ether oxygens (including phenoxy) is 1. The predicted molar refractivity (Wildman–Crippen MR) is 114 cm³/mol. The summed E-state index contributed by atoms with van der Waals surface area (Å²) in [6.07, 6.45) is 2.24. The lowest BCUT2D eigenvalue weighted by molar-refractivity contribution is -0.133. The standard InChI is InChI=1S/C25H29NO3/c1-2-26(15-18-9-5-3-6-10-18)16-21-23(27)14-13-20-24(28)22(17-29-25(20)21)19-11-7-4-8-12-19/h3-12,17,20-21,23,25,27H,2,13-16H2,1H3. The van der Waals surface area contributed by atoms with Gasteiger partial charge in [0.2, 0.25) is 0 Å². The summed E-state index contributed by atoms with van der Waals surface area (Å²) in [7, 11) is 0. The number of aliphatic hydroxyl groups is 1. The highest BCUT2D eigenvalue weighted by Crippen LogP contribution is 2.39. The van der Waals surface area contributed by atoms with Crippen molar-refractivity contribution < 1.29 is 14.6 Å². The zero-order valence-electron chi connectivity index (χ0n) is 16.9. The molecule has 2 aromatic carbocycles. The summed E-state index contributed by atoms with van der Waals surface area (Å²) in [5, 5.41) is 10.7. The third kappa shape index (κ3) is 4.29. The Bertz CT molecular complexity index is 849. The van der Waals surface area contributed by atoms with Gasteiger partial charge in [-0.1, -0.05) is 67.6 Å². The van der Waals surface area contributed by atoms with E-state index in [9.17, 15) is 9.90 Å². The molecule has 1 heterocycles. The largest absolute Gasteiger partial charge is 0.496 e. The lowest BCUT2D eigenvalue weighted by Crippen LogP contribution is -2.51. The SMILES string of the molecule is CCN(Cc1ccccc1)CC1C(O)CCC2C(=O)C(c3ccccc3)=COC21. The molecule has 0 spiro atoms. The Labute approximate surface area is 172 Å². The first-order chi connectivity index (χ1) is 14.2. The van der Waals surface area contributed by atoms with Gasteiger partial charge in [-0.05, 0) is 30.5 Å². The second-order valence-electron chi connectivity index (χ2n) is 8.09. The zero-order chi connectivity index (χ0) is 20.2. The molecule has 4 unspecified atom stereocenters. The summed E-state index contributed by atoms with van der Waals surface area (Å²) >= 11 is 0. The number of Topliss-reactive ketones (excluding diaryl/α,β-unsaturated/α-hetero) is 1. The van der Waals surface area contributed by atoms with E-state index in [0.717, 1.165) is 25.2 Å². The van der Waals surface area contributed by atoms with Crippen molar-refractivity contribution in [3.05, 3.63) is 78.1 Å². The number of carbonyl (C=O) groups is 1. The van der Waals surface area contributed by atoms with Crippen molar-refractivity contribution in [1.82, 2.24) is 4.90 Å². The summed E-state index contributed by atoms with van der Waals surface area (Å²) in [6.45, 7) is 4.57. The zero-order valence-corrected chi connectivity index (χ0v) is 16.9. The number of carbonyl (C=O) groups excluding carboxylic acids is 1. The van der Waals surface area contributed by atoms with Gasteiger partial charge in [0.25, 0.3) is 0 Å². The molecule has 29 heavy (non-hydrogen) atoms. The number of rotatable bonds is 6. The molecule has 1 aliphatic carbocycles. The number of aliphatic hydroxyl groups excluding tert-OH is 1. The number of hydrogen-bond donors (Lipinski definition) is 1. The molecule has 0 saturated heterocycles. The molecule has 4 heteroatoms. The quantitative estimate of drug-likeness (QED) is 0.811. The molecule has 4 nitrogen and oxygen atoms in total. The molecule has 1 fully saturated rings. The lowest BCUT2D eigenvalue weighted by Gasteiger charge is -2.43. The number of benzene rings is 2. The number of allylic oxidation sites excluding steroid dienone is 1. The molecule has 0 radical (unpaired) electrons. The van der Waals surface area contributed by atoms with Crippen LogP contribution in [-0.4, -0.2) is 41.1 Å². The van der Waals surface area contributed by atoms with Crippen molar-refractivity contribution in [3.8, 4) is 0 Å². The van der Waals surface area contributed by atoms with Gasteiger partial charge in [0, 0.05) is 19.0 Å². The molecule has 2 aliphatic rings. The molecule has 4 atom stereocenters. The fourth-order valence-corrected chi connectivity index (χ4v) is 4.63. The van der Waals surface area contributed by atoms with Crippen LogP contribution in [0.1, 0.15) is 30.9 Å². The van der Waals surface area contributed by atoms with E-state index in [0.29, 0.717) is 18.4 Å². The van der Waals surface area contributed by atoms with E-state index >= 15 is 0 Å². The number of nitrogens with zero attached hydrogens (tertiary/aromatic N) is 1. The van der Waals surface area contributed by atoms with Crippen molar-refractivity contribution in [3.63, 3.8) is 0 Å². The van der Waals surface area contributed by atoms with Gasteiger partial charge in [-0.15, -0.1) is 0 Å². The highest BCUT2D eigenvalue weighted by molar-refractivity contribution is 6.22. The average molecular weight is 392 g/mol. The predicted octanol–water partition coefficient (Wildman–Crippen LogP) is 3.90. The molecule has 2 aromatic rings. The molecule has 0 amide bonds. The minimum absolute atomic E-state index is 0.0741. The summed E-state index contributed by atoms with van der Waals surface area (Å²) in [6, 6.07) is 20.1. The normalized spacial score (nSPS) is 26.6. The maximum absolute atomic E-state index is 13.2. The van der Waals surface area contributed by atoms with Crippen LogP contribution in [0.4, 0.5) is 0 Å². The minimum atomic E-state index is -0.444. The number of ketones is 1. The van der Waals surface area contributed by atoms with Gasteiger partial charge in [-0.3, -0.25) is 9.69 Å². The first-order valence-electron chi connectivity index (χ1n) is 10.6. The Kier molecular flexibility index (Phi) is 6.12. The third-order valence-electron chi connectivity index (χ3n) is 6.28. The lowest BCUT2D eigenvalue weighted by atomic mass is 9.72. The van der Waals surface area contributed by atoms with Crippen LogP contribution in [0.3, 0.4) is 0 Å². The van der Waals surface area contributed by atoms with Gasteiger partial charge in [-0.25, -0.2) is 0 Å². The van der Waals surface area contributed by atoms with Crippen molar-refractivity contribution in [2.24, 2.45) is 11.8 Å². The van der Waals surface area contributed by atoms with Crippen LogP contribution in [0, 0.1) is 11.8 Å². The van der Waals surface area contributed by atoms with Gasteiger partial charge in [0.15, 0.2) is 5.78 Å². The summed E-state index contributed by atoms with van der Waals surface area (Å²) in [4.78, 5) is 15.5. The highest BCUT2D eigenvalue weighted by atomic mass is 16.5. The monoisotopic (exact) mass is 391 g/mol. The van der Waals surface area contributed by atoms with Crippen molar-refractivity contribution >= 4 is 11.4 Å². The second kappa shape index (κ2) is 8.93. The first kappa shape index (κ1) is 19.9. The number of hydrogen-bond acceptors (Lipinski definition) is 4. The van der Waals surface area contributed by atoms with Crippen LogP contribution >= 0.6 is 0 Å². The minimum Gasteiger partial charge on any atom is -0.496 e. The van der Waals surface area contributed by atoms with Crippen molar-refractivity contribution in [1.29, 1.82) is 0 Å². The highest BCUT2D eigenvalue weighted by Gasteiger charge is 2.46. The maximum Gasteiger partial charge on any atom is 0.173 e. The molecule has 0 bridgehead atoms. The van der Waals surface area contributed by atoms with E-state index < -0.39 is 6.10 Å². The summed E-state index contributed by atoms with van der Waals surface area (Å²) < 4.78 is 6.13. The van der Waals surface area contributed by atoms with E-state index in [4.69, 9.17) is 4.74 Å². The van der Waals surface area contributed by atoms with Crippen LogP contribution in [0.15, 0.2) is 66.9 Å². The Morgan fingerprint density at radius 1 is 1.03 bits per heavy atom. The molecule has 152 valence electrons. The molecule has 0 aromatic heterocycles. The van der Waals surface area contributed by atoms with Crippen LogP contribution in [0.2, 0.25) is 0 Å². The summed E-state index contributed by atoms with van der Waals surface area (Å²) in [5.74, 6) is -0.107. The fraction of sp³-hybridized carbons (Fsp3) is 0.400. The average Bonchev–Trinajstić information content (AvgIpc) is 2.76. The van der Waals surface area contributed by atoms with Crippen molar-refractivity contribution in [2.75, 3.05) is 13.1 Å². The van der Waals surface area contributed by atoms with Gasteiger partial charge < -0.3 is 9.84 Å².